The average molecular weight is 503 g/mol. The molecule has 1 N–H and O–H groups in total. The third-order valence-electron chi connectivity index (χ3n) is 7.24. The molecule has 1 amide bonds. The molecule has 1 atom stereocenters. The Hall–Kier alpha value is -3.12. The second-order valence-electron chi connectivity index (χ2n) is 9.40. The van der Waals surface area contributed by atoms with E-state index in [-0.39, 0.29) is 17.3 Å². The normalized spacial score (nSPS) is 18.8. The van der Waals surface area contributed by atoms with Crippen molar-refractivity contribution in [3.8, 4) is 0 Å². The molecule has 10 nitrogen and oxygen atoms in total. The summed E-state index contributed by atoms with van der Waals surface area (Å²) in [6.45, 7) is 8.77. The lowest BCUT2D eigenvalue weighted by molar-refractivity contribution is 0.102. The number of hydrogen-bond acceptors (Lipinski definition) is 7. The Bertz CT molecular complexity index is 1200. The fraction of sp³-hybridized carbons (Fsp3) is 0.583. The number of morpholine rings is 1. The number of nitrogens with zero attached hydrogens (tertiary/aromatic N) is 7. The highest BCUT2D eigenvalue weighted by atomic mass is 19.3. The predicted octanol–water partition coefficient (Wildman–Crippen LogP) is 3.39. The number of carbonyl (C=O) groups excluding carboxylic acids is 1. The van der Waals surface area contributed by atoms with Crippen LogP contribution in [-0.4, -0.2) is 80.6 Å². The van der Waals surface area contributed by atoms with Gasteiger partial charge in [-0.25, -0.2) is 18.3 Å². The predicted molar refractivity (Wildman–Crippen MR) is 131 cm³/mol. The maximum absolute atomic E-state index is 13.8. The fourth-order valence-electron chi connectivity index (χ4n) is 4.88. The molecule has 2 aliphatic heterocycles. The van der Waals surface area contributed by atoms with E-state index in [0.29, 0.717) is 43.8 Å². The van der Waals surface area contributed by atoms with E-state index in [0.717, 1.165) is 32.4 Å². The average Bonchev–Trinajstić information content (AvgIpc) is 3.53. The van der Waals surface area contributed by atoms with E-state index in [1.807, 2.05) is 6.07 Å². The number of hydrogen-bond donors (Lipinski definition) is 1. The highest BCUT2D eigenvalue weighted by Crippen LogP contribution is 2.31. The SMILES string of the molecule is CCC(C)N1CCC(n2cc(NC(=O)c3cnn4ccc(N5CCOCC5)nc34)c(C(F)F)n2)CC1. The van der Waals surface area contributed by atoms with Gasteiger partial charge in [0.25, 0.3) is 12.3 Å². The standard InChI is InChI=1S/C24H32F2N8O2/c1-3-16(2)31-7-4-17(5-8-31)34-15-19(21(30-34)22(25)26)28-24(35)18-14-27-33-9-6-20(29-23(18)33)32-10-12-36-13-11-32/h6,9,14-17,22H,3-5,7-8,10-13H2,1-2H3,(H,28,35). The summed E-state index contributed by atoms with van der Waals surface area (Å²) < 4.78 is 36.2. The number of nitrogens with one attached hydrogen (secondary N) is 1. The summed E-state index contributed by atoms with van der Waals surface area (Å²) in [4.78, 5) is 22.3. The lowest BCUT2D eigenvalue weighted by Crippen LogP contribution is -2.40. The van der Waals surface area contributed by atoms with Crippen LogP contribution in [0.15, 0.2) is 24.7 Å². The van der Waals surface area contributed by atoms with Gasteiger partial charge in [-0.05, 0) is 32.3 Å². The summed E-state index contributed by atoms with van der Waals surface area (Å²) in [7, 11) is 0. The molecule has 3 aromatic rings. The number of piperidine rings is 1. The van der Waals surface area contributed by atoms with E-state index in [2.05, 4.69) is 44.1 Å². The van der Waals surface area contributed by atoms with Crippen molar-refractivity contribution in [3.63, 3.8) is 0 Å². The van der Waals surface area contributed by atoms with Crippen molar-refractivity contribution in [2.45, 2.75) is 51.6 Å². The molecule has 0 aromatic carbocycles. The zero-order valence-corrected chi connectivity index (χ0v) is 20.6. The maximum atomic E-state index is 13.8. The van der Waals surface area contributed by atoms with Crippen molar-refractivity contribution >= 4 is 23.1 Å². The monoisotopic (exact) mass is 502 g/mol. The molecule has 0 aliphatic carbocycles. The Kier molecular flexibility index (Phi) is 7.15. The van der Waals surface area contributed by atoms with Gasteiger partial charge in [0.1, 0.15) is 11.4 Å². The van der Waals surface area contributed by atoms with E-state index in [9.17, 15) is 13.6 Å². The van der Waals surface area contributed by atoms with Crippen LogP contribution in [0.3, 0.4) is 0 Å². The van der Waals surface area contributed by atoms with Gasteiger partial charge in [-0.3, -0.25) is 9.48 Å². The molecule has 0 saturated carbocycles. The van der Waals surface area contributed by atoms with Gasteiger partial charge in [0.15, 0.2) is 11.3 Å². The van der Waals surface area contributed by atoms with Crippen LogP contribution in [0.5, 0.6) is 0 Å². The van der Waals surface area contributed by atoms with Gasteiger partial charge in [-0.2, -0.15) is 10.2 Å². The van der Waals surface area contributed by atoms with Crippen molar-refractivity contribution < 1.29 is 18.3 Å². The Morgan fingerprint density at radius 3 is 2.67 bits per heavy atom. The van der Waals surface area contributed by atoms with Gasteiger partial charge in [-0.1, -0.05) is 6.92 Å². The molecule has 0 bridgehead atoms. The Balaban J connectivity index is 1.35. The summed E-state index contributed by atoms with van der Waals surface area (Å²) in [6, 6.07) is 2.35. The molecule has 0 spiro atoms. The van der Waals surface area contributed by atoms with Crippen LogP contribution in [0.2, 0.25) is 0 Å². The van der Waals surface area contributed by atoms with Gasteiger partial charge in [-0.15, -0.1) is 0 Å². The van der Waals surface area contributed by atoms with E-state index in [1.54, 1.807) is 10.9 Å². The largest absolute Gasteiger partial charge is 0.378 e. The summed E-state index contributed by atoms with van der Waals surface area (Å²) in [5.74, 6) is 0.162. The number of amides is 1. The molecule has 194 valence electrons. The maximum Gasteiger partial charge on any atom is 0.284 e. The first kappa shape index (κ1) is 24.6. The molecular weight excluding hydrogens is 470 g/mol. The minimum absolute atomic E-state index is 0.0167. The van der Waals surface area contributed by atoms with Gasteiger partial charge in [0.05, 0.1) is 31.1 Å². The number of carbonyl (C=O) groups is 1. The van der Waals surface area contributed by atoms with Crippen LogP contribution in [0, 0.1) is 0 Å². The van der Waals surface area contributed by atoms with Crippen LogP contribution in [0.1, 0.15) is 61.6 Å². The van der Waals surface area contributed by atoms with Gasteiger partial charge in [0, 0.05) is 44.6 Å². The van der Waals surface area contributed by atoms with Crippen molar-refractivity contribution in [1.82, 2.24) is 29.3 Å². The molecule has 5 rings (SSSR count). The third-order valence-corrected chi connectivity index (χ3v) is 7.24. The third kappa shape index (κ3) is 4.92. The Labute approximate surface area is 208 Å². The summed E-state index contributed by atoms with van der Waals surface area (Å²) in [5.41, 5.74) is 0.161. The van der Waals surface area contributed by atoms with E-state index in [4.69, 9.17) is 4.74 Å². The van der Waals surface area contributed by atoms with Crippen molar-refractivity contribution in [2.24, 2.45) is 0 Å². The molecule has 3 aromatic heterocycles. The number of likely N-dealkylation sites (tertiary alicyclic amines) is 1. The van der Waals surface area contributed by atoms with Crippen molar-refractivity contribution in [3.05, 3.63) is 35.9 Å². The molecule has 1 unspecified atom stereocenters. The molecule has 12 heteroatoms. The Morgan fingerprint density at radius 2 is 1.97 bits per heavy atom. The molecule has 2 saturated heterocycles. The summed E-state index contributed by atoms with van der Waals surface area (Å²) in [6.07, 6.45) is 4.58. The molecule has 5 heterocycles. The highest BCUT2D eigenvalue weighted by molar-refractivity contribution is 6.08. The van der Waals surface area contributed by atoms with Gasteiger partial charge >= 0.3 is 0 Å². The summed E-state index contributed by atoms with van der Waals surface area (Å²) in [5, 5.41) is 11.0. The Morgan fingerprint density at radius 1 is 1.22 bits per heavy atom. The number of halogens is 2. The fourth-order valence-corrected chi connectivity index (χ4v) is 4.88. The van der Waals surface area contributed by atoms with Crippen LogP contribution in [0.25, 0.3) is 5.65 Å². The quantitative estimate of drug-likeness (QED) is 0.529. The number of anilines is 2. The van der Waals surface area contributed by atoms with Crippen LogP contribution < -0.4 is 10.2 Å². The molecule has 2 fully saturated rings. The smallest absolute Gasteiger partial charge is 0.284 e. The van der Waals surface area contributed by atoms with Crippen LogP contribution in [0.4, 0.5) is 20.3 Å². The van der Waals surface area contributed by atoms with Crippen LogP contribution in [-0.2, 0) is 4.74 Å². The lowest BCUT2D eigenvalue weighted by Gasteiger charge is -2.35. The van der Waals surface area contributed by atoms with Crippen molar-refractivity contribution in [1.29, 1.82) is 0 Å². The summed E-state index contributed by atoms with van der Waals surface area (Å²) >= 11 is 0. The number of rotatable bonds is 7. The van der Waals surface area contributed by atoms with Crippen molar-refractivity contribution in [2.75, 3.05) is 49.6 Å². The topological polar surface area (TPSA) is 92.8 Å². The zero-order valence-electron chi connectivity index (χ0n) is 20.6. The minimum atomic E-state index is -2.81. The highest BCUT2D eigenvalue weighted by Gasteiger charge is 2.28. The molecule has 36 heavy (non-hydrogen) atoms. The number of ether oxygens (including phenoxy) is 1. The van der Waals surface area contributed by atoms with E-state index < -0.39 is 18.0 Å². The van der Waals surface area contributed by atoms with Crippen LogP contribution >= 0.6 is 0 Å². The van der Waals surface area contributed by atoms with E-state index >= 15 is 0 Å². The first-order valence-corrected chi connectivity index (χ1v) is 12.5. The van der Waals surface area contributed by atoms with Gasteiger partial charge in [0.2, 0.25) is 0 Å². The second-order valence-corrected chi connectivity index (χ2v) is 9.40. The minimum Gasteiger partial charge on any atom is -0.378 e. The molecular formula is C24H32F2N8O2. The number of fused-ring (bicyclic) bond motifs is 1. The first-order chi connectivity index (χ1) is 17.4. The lowest BCUT2D eigenvalue weighted by atomic mass is 10.0. The second kappa shape index (κ2) is 10.5. The zero-order chi connectivity index (χ0) is 25.2. The first-order valence-electron chi connectivity index (χ1n) is 12.5. The number of aromatic nitrogens is 5. The van der Waals surface area contributed by atoms with E-state index in [1.165, 1.54) is 16.9 Å². The van der Waals surface area contributed by atoms with Gasteiger partial charge < -0.3 is 19.9 Å². The molecule has 0 radical (unpaired) electrons. The number of alkyl halides is 2. The molecule has 2 aliphatic rings.